The Balaban J connectivity index is 1.53. The number of halogens is 1. The summed E-state index contributed by atoms with van der Waals surface area (Å²) in [6.07, 6.45) is 0.731. The quantitative estimate of drug-likeness (QED) is 0.851. The molecule has 0 aliphatic carbocycles. The van der Waals surface area contributed by atoms with Crippen molar-refractivity contribution in [2.24, 2.45) is 5.92 Å². The molecule has 136 valence electrons. The average molecular weight is 348 g/mol. The van der Waals surface area contributed by atoms with Gasteiger partial charge in [-0.25, -0.2) is 9.18 Å². The van der Waals surface area contributed by atoms with Gasteiger partial charge >= 0.3 is 6.03 Å². The van der Waals surface area contributed by atoms with E-state index in [1.165, 1.54) is 12.1 Å². The predicted molar refractivity (Wildman–Crippen MR) is 92.7 cm³/mol. The van der Waals surface area contributed by atoms with Crippen LogP contribution in [0.3, 0.4) is 0 Å². The lowest BCUT2D eigenvalue weighted by molar-refractivity contribution is -0.0156. The van der Waals surface area contributed by atoms with E-state index in [1.807, 2.05) is 6.92 Å². The third-order valence-corrected chi connectivity index (χ3v) is 4.81. The minimum atomic E-state index is -0.278. The SMILES string of the molecule is C=C(C)C1OCCC1CNC(=O)N1CCOC(c2ccc(F)cc2)C1. The van der Waals surface area contributed by atoms with E-state index in [0.29, 0.717) is 32.8 Å². The maximum absolute atomic E-state index is 13.1. The van der Waals surface area contributed by atoms with E-state index in [2.05, 4.69) is 11.9 Å². The lowest BCUT2D eigenvalue weighted by Crippen LogP contribution is -2.48. The van der Waals surface area contributed by atoms with E-state index in [4.69, 9.17) is 9.47 Å². The summed E-state index contributed by atoms with van der Waals surface area (Å²) < 4.78 is 24.5. The van der Waals surface area contributed by atoms with Crippen molar-refractivity contribution in [1.82, 2.24) is 10.2 Å². The Kier molecular flexibility index (Phi) is 5.71. The molecule has 2 aliphatic rings. The molecule has 0 aromatic heterocycles. The van der Waals surface area contributed by atoms with Crippen molar-refractivity contribution in [3.8, 4) is 0 Å². The van der Waals surface area contributed by atoms with E-state index in [-0.39, 0.29) is 30.0 Å². The number of carbonyl (C=O) groups excluding carboxylic acids is 1. The highest BCUT2D eigenvalue weighted by Crippen LogP contribution is 2.26. The molecule has 1 aromatic rings. The van der Waals surface area contributed by atoms with Crippen LogP contribution in [0.1, 0.15) is 25.0 Å². The Labute approximate surface area is 147 Å². The fourth-order valence-corrected chi connectivity index (χ4v) is 3.43. The Morgan fingerprint density at radius 2 is 2.08 bits per heavy atom. The minimum absolute atomic E-state index is 0.0250. The molecule has 3 atom stereocenters. The molecule has 0 spiro atoms. The van der Waals surface area contributed by atoms with Gasteiger partial charge in [0.15, 0.2) is 0 Å². The van der Waals surface area contributed by atoms with Gasteiger partial charge in [0.1, 0.15) is 11.9 Å². The Morgan fingerprint density at radius 1 is 1.32 bits per heavy atom. The number of hydrogen-bond donors (Lipinski definition) is 1. The van der Waals surface area contributed by atoms with Crippen LogP contribution in [0.5, 0.6) is 0 Å². The van der Waals surface area contributed by atoms with Gasteiger partial charge < -0.3 is 19.7 Å². The van der Waals surface area contributed by atoms with E-state index < -0.39 is 0 Å². The first kappa shape index (κ1) is 17.9. The summed E-state index contributed by atoms with van der Waals surface area (Å²) >= 11 is 0. The predicted octanol–water partition coefficient (Wildman–Crippen LogP) is 2.89. The number of nitrogens with one attached hydrogen (secondary N) is 1. The van der Waals surface area contributed by atoms with Crippen molar-refractivity contribution in [2.75, 3.05) is 32.8 Å². The molecule has 2 fully saturated rings. The summed E-state index contributed by atoms with van der Waals surface area (Å²) in [6.45, 7) is 8.69. The molecule has 1 aromatic carbocycles. The zero-order chi connectivity index (χ0) is 17.8. The number of rotatable bonds is 4. The highest BCUT2D eigenvalue weighted by molar-refractivity contribution is 5.74. The molecule has 3 rings (SSSR count). The van der Waals surface area contributed by atoms with Crippen LogP contribution < -0.4 is 5.32 Å². The molecule has 3 unspecified atom stereocenters. The first-order chi connectivity index (χ1) is 12.0. The van der Waals surface area contributed by atoms with Crippen LogP contribution in [0.15, 0.2) is 36.4 Å². The van der Waals surface area contributed by atoms with Crippen LogP contribution >= 0.6 is 0 Å². The number of nitrogens with zero attached hydrogens (tertiary/aromatic N) is 1. The molecule has 0 saturated carbocycles. The number of hydrogen-bond acceptors (Lipinski definition) is 3. The smallest absolute Gasteiger partial charge is 0.317 e. The van der Waals surface area contributed by atoms with Crippen molar-refractivity contribution in [2.45, 2.75) is 25.6 Å². The second-order valence-electron chi connectivity index (χ2n) is 6.73. The molecule has 0 radical (unpaired) electrons. The van der Waals surface area contributed by atoms with Crippen LogP contribution in [0.4, 0.5) is 9.18 Å². The topological polar surface area (TPSA) is 50.8 Å². The Hall–Kier alpha value is -1.92. The standard InChI is InChI=1S/C19H25FN2O3/c1-13(2)18-15(7-9-25-18)11-21-19(23)22-8-10-24-17(12-22)14-3-5-16(20)6-4-14/h3-6,15,17-18H,1,7-12H2,2H3,(H,21,23). The summed E-state index contributed by atoms with van der Waals surface area (Å²) in [4.78, 5) is 14.3. The van der Waals surface area contributed by atoms with Crippen molar-refractivity contribution in [1.29, 1.82) is 0 Å². The van der Waals surface area contributed by atoms with Crippen LogP contribution in [-0.4, -0.2) is 49.9 Å². The van der Waals surface area contributed by atoms with Gasteiger partial charge in [0.25, 0.3) is 0 Å². The summed E-state index contributed by atoms with van der Waals surface area (Å²) in [5.41, 5.74) is 1.88. The fraction of sp³-hybridized carbons (Fsp3) is 0.526. The molecular formula is C19H25FN2O3. The van der Waals surface area contributed by atoms with Gasteiger partial charge in [-0.15, -0.1) is 0 Å². The molecule has 2 amide bonds. The van der Waals surface area contributed by atoms with Gasteiger partial charge in [-0.1, -0.05) is 24.3 Å². The third-order valence-electron chi connectivity index (χ3n) is 4.81. The molecule has 1 N–H and O–H groups in total. The lowest BCUT2D eigenvalue weighted by Gasteiger charge is -2.33. The van der Waals surface area contributed by atoms with Gasteiger partial charge in [-0.2, -0.15) is 0 Å². The molecule has 2 saturated heterocycles. The number of amides is 2. The monoisotopic (exact) mass is 348 g/mol. The van der Waals surface area contributed by atoms with Gasteiger partial charge in [0.2, 0.25) is 0 Å². The van der Waals surface area contributed by atoms with Crippen LogP contribution in [0.25, 0.3) is 0 Å². The summed E-state index contributed by atoms with van der Waals surface area (Å²) in [7, 11) is 0. The fourth-order valence-electron chi connectivity index (χ4n) is 3.43. The van der Waals surface area contributed by atoms with Crippen LogP contribution in [0, 0.1) is 11.7 Å². The van der Waals surface area contributed by atoms with E-state index in [1.54, 1.807) is 17.0 Å². The average Bonchev–Trinajstić information content (AvgIpc) is 3.09. The van der Waals surface area contributed by atoms with Gasteiger partial charge in [-0.3, -0.25) is 0 Å². The molecular weight excluding hydrogens is 323 g/mol. The summed E-state index contributed by atoms with van der Waals surface area (Å²) in [5, 5.41) is 3.01. The number of morpholine rings is 1. The van der Waals surface area contributed by atoms with E-state index in [0.717, 1.165) is 17.6 Å². The van der Waals surface area contributed by atoms with Crippen LogP contribution in [-0.2, 0) is 9.47 Å². The number of urea groups is 1. The third kappa shape index (κ3) is 4.38. The van der Waals surface area contributed by atoms with Crippen molar-refractivity contribution < 1.29 is 18.7 Å². The second-order valence-corrected chi connectivity index (χ2v) is 6.73. The number of ether oxygens (including phenoxy) is 2. The molecule has 25 heavy (non-hydrogen) atoms. The largest absolute Gasteiger partial charge is 0.374 e. The zero-order valence-corrected chi connectivity index (χ0v) is 14.5. The number of carbonyl (C=O) groups is 1. The minimum Gasteiger partial charge on any atom is -0.374 e. The van der Waals surface area contributed by atoms with Crippen LogP contribution in [0.2, 0.25) is 0 Å². The second kappa shape index (κ2) is 7.97. The van der Waals surface area contributed by atoms with Crippen molar-refractivity contribution in [3.05, 3.63) is 47.8 Å². The lowest BCUT2D eigenvalue weighted by atomic mass is 9.97. The zero-order valence-electron chi connectivity index (χ0n) is 14.5. The molecule has 6 heteroatoms. The molecule has 2 heterocycles. The normalized spacial score (nSPS) is 26.5. The maximum Gasteiger partial charge on any atom is 0.317 e. The highest BCUT2D eigenvalue weighted by Gasteiger charge is 2.30. The molecule has 2 aliphatic heterocycles. The highest BCUT2D eigenvalue weighted by atomic mass is 19.1. The van der Waals surface area contributed by atoms with Gasteiger partial charge in [0.05, 0.1) is 19.3 Å². The number of benzene rings is 1. The van der Waals surface area contributed by atoms with Crippen molar-refractivity contribution >= 4 is 6.03 Å². The molecule has 0 bridgehead atoms. The molecule has 5 nitrogen and oxygen atoms in total. The Bertz CT molecular complexity index is 620. The first-order valence-electron chi connectivity index (χ1n) is 8.71. The Morgan fingerprint density at radius 3 is 2.80 bits per heavy atom. The van der Waals surface area contributed by atoms with E-state index in [9.17, 15) is 9.18 Å². The van der Waals surface area contributed by atoms with Gasteiger partial charge in [0, 0.05) is 25.6 Å². The van der Waals surface area contributed by atoms with Crippen molar-refractivity contribution in [3.63, 3.8) is 0 Å². The summed E-state index contributed by atoms with van der Waals surface area (Å²) in [6, 6.07) is 6.14. The van der Waals surface area contributed by atoms with Gasteiger partial charge in [-0.05, 0) is 31.0 Å². The maximum atomic E-state index is 13.1. The summed E-state index contributed by atoms with van der Waals surface area (Å²) in [5.74, 6) is -0.00427. The van der Waals surface area contributed by atoms with E-state index >= 15 is 0 Å². The first-order valence-corrected chi connectivity index (χ1v) is 8.71.